The molecule has 25 heavy (non-hydrogen) atoms. The molecule has 8 heteroatoms. The van der Waals surface area contributed by atoms with Crippen LogP contribution in [0.2, 0.25) is 0 Å². The predicted molar refractivity (Wildman–Crippen MR) is 92.2 cm³/mol. The first-order valence-corrected chi connectivity index (χ1v) is 8.62. The Morgan fingerprint density at radius 1 is 1.36 bits per heavy atom. The van der Waals surface area contributed by atoms with E-state index in [9.17, 15) is 10.1 Å². The van der Waals surface area contributed by atoms with Crippen LogP contribution in [0, 0.1) is 28.4 Å². The first-order valence-electron chi connectivity index (χ1n) is 8.62. The third kappa shape index (κ3) is 2.75. The van der Waals surface area contributed by atoms with Crippen molar-refractivity contribution in [2.24, 2.45) is 11.3 Å². The molecule has 1 unspecified atom stereocenters. The fourth-order valence-corrected chi connectivity index (χ4v) is 3.67. The molecule has 1 saturated heterocycles. The normalized spacial score (nSPS) is 21.9. The summed E-state index contributed by atoms with van der Waals surface area (Å²) in [4.78, 5) is 25.9. The van der Waals surface area contributed by atoms with Crippen molar-refractivity contribution in [1.82, 2.24) is 19.5 Å². The van der Waals surface area contributed by atoms with Gasteiger partial charge in [0.1, 0.15) is 17.7 Å². The van der Waals surface area contributed by atoms with E-state index in [0.29, 0.717) is 11.6 Å². The van der Waals surface area contributed by atoms with Crippen LogP contribution >= 0.6 is 0 Å². The molecule has 2 fully saturated rings. The standard InChI is InChI=1S/C17H22N6O2/c1-11-13(23(24)25)8-19-16(20-11)22-10-17(2,3)14(22)15-18-6-7-21(15)9-12-4-5-12/h6-8,12,14H,4-5,9-10H2,1-3H3. The highest BCUT2D eigenvalue weighted by molar-refractivity contribution is 5.45. The molecule has 0 bridgehead atoms. The zero-order valence-electron chi connectivity index (χ0n) is 14.7. The van der Waals surface area contributed by atoms with E-state index in [4.69, 9.17) is 0 Å². The molecule has 132 valence electrons. The molecule has 0 N–H and O–H groups in total. The van der Waals surface area contributed by atoms with Gasteiger partial charge < -0.3 is 9.47 Å². The number of rotatable bonds is 5. The van der Waals surface area contributed by atoms with Gasteiger partial charge in [0.15, 0.2) is 0 Å². The third-order valence-electron chi connectivity index (χ3n) is 5.17. The van der Waals surface area contributed by atoms with Gasteiger partial charge in [-0.05, 0) is 25.7 Å². The zero-order valence-corrected chi connectivity index (χ0v) is 14.7. The Balaban J connectivity index is 1.65. The van der Waals surface area contributed by atoms with E-state index < -0.39 is 4.92 Å². The van der Waals surface area contributed by atoms with Gasteiger partial charge in [-0.25, -0.2) is 15.0 Å². The van der Waals surface area contributed by atoms with Crippen LogP contribution in [0.15, 0.2) is 18.6 Å². The number of hydrogen-bond acceptors (Lipinski definition) is 6. The average molecular weight is 342 g/mol. The van der Waals surface area contributed by atoms with Gasteiger partial charge in [0.2, 0.25) is 5.95 Å². The largest absolute Gasteiger partial charge is 0.333 e. The van der Waals surface area contributed by atoms with Gasteiger partial charge >= 0.3 is 5.69 Å². The van der Waals surface area contributed by atoms with Crippen LogP contribution in [0.3, 0.4) is 0 Å². The average Bonchev–Trinajstić information content (AvgIpc) is 3.24. The van der Waals surface area contributed by atoms with Gasteiger partial charge in [0.05, 0.1) is 11.0 Å². The highest BCUT2D eigenvalue weighted by Crippen LogP contribution is 2.49. The van der Waals surface area contributed by atoms with E-state index >= 15 is 0 Å². The first-order chi connectivity index (χ1) is 11.9. The molecule has 0 amide bonds. The molecule has 0 aromatic carbocycles. The number of nitro groups is 1. The van der Waals surface area contributed by atoms with Crippen LogP contribution in [0.4, 0.5) is 11.6 Å². The molecule has 3 heterocycles. The molecule has 1 atom stereocenters. The second-order valence-corrected chi connectivity index (χ2v) is 7.80. The van der Waals surface area contributed by atoms with Gasteiger partial charge in [-0.2, -0.15) is 0 Å². The highest BCUT2D eigenvalue weighted by Gasteiger charge is 2.50. The Bertz CT molecular complexity index is 826. The highest BCUT2D eigenvalue weighted by atomic mass is 16.6. The Kier molecular flexibility index (Phi) is 3.52. The third-order valence-corrected chi connectivity index (χ3v) is 5.17. The Labute approximate surface area is 146 Å². The Morgan fingerprint density at radius 2 is 2.12 bits per heavy atom. The van der Waals surface area contributed by atoms with E-state index in [-0.39, 0.29) is 17.1 Å². The van der Waals surface area contributed by atoms with Gasteiger partial charge in [0, 0.05) is 30.9 Å². The van der Waals surface area contributed by atoms with Crippen LogP contribution in [-0.4, -0.2) is 31.0 Å². The number of imidazole rings is 1. The van der Waals surface area contributed by atoms with Crippen molar-refractivity contribution in [2.75, 3.05) is 11.4 Å². The smallest absolute Gasteiger partial charge is 0.308 e. The van der Waals surface area contributed by atoms with Crippen molar-refractivity contribution in [2.45, 2.75) is 46.2 Å². The monoisotopic (exact) mass is 342 g/mol. The van der Waals surface area contributed by atoms with Crippen molar-refractivity contribution < 1.29 is 4.92 Å². The van der Waals surface area contributed by atoms with E-state index in [0.717, 1.165) is 24.8 Å². The Morgan fingerprint density at radius 3 is 2.72 bits per heavy atom. The quantitative estimate of drug-likeness (QED) is 0.613. The molecule has 1 saturated carbocycles. The first kappa shape index (κ1) is 16.0. The summed E-state index contributed by atoms with van der Waals surface area (Å²) < 4.78 is 2.24. The molecule has 2 aromatic heterocycles. The topological polar surface area (TPSA) is 90.0 Å². The molecule has 8 nitrogen and oxygen atoms in total. The molecule has 1 aliphatic carbocycles. The van der Waals surface area contributed by atoms with Crippen LogP contribution in [0.5, 0.6) is 0 Å². The fraction of sp³-hybridized carbons (Fsp3) is 0.588. The maximum atomic E-state index is 11.0. The summed E-state index contributed by atoms with van der Waals surface area (Å²) >= 11 is 0. The van der Waals surface area contributed by atoms with Gasteiger partial charge in [0.25, 0.3) is 0 Å². The van der Waals surface area contributed by atoms with Crippen LogP contribution < -0.4 is 4.90 Å². The maximum absolute atomic E-state index is 11.0. The second kappa shape index (κ2) is 5.50. The summed E-state index contributed by atoms with van der Waals surface area (Å²) in [5.41, 5.74) is 0.390. The summed E-state index contributed by atoms with van der Waals surface area (Å²) in [5.74, 6) is 2.33. The van der Waals surface area contributed by atoms with Crippen molar-refractivity contribution in [3.8, 4) is 0 Å². The Hall–Kier alpha value is -2.51. The molecule has 2 aromatic rings. The minimum Gasteiger partial charge on any atom is -0.333 e. The van der Waals surface area contributed by atoms with Crippen molar-refractivity contribution in [1.29, 1.82) is 0 Å². The fourth-order valence-electron chi connectivity index (χ4n) is 3.67. The lowest BCUT2D eigenvalue weighted by Gasteiger charge is -2.53. The summed E-state index contributed by atoms with van der Waals surface area (Å²) in [7, 11) is 0. The lowest BCUT2D eigenvalue weighted by Crippen LogP contribution is -2.57. The molecular formula is C17H22N6O2. The molecule has 0 spiro atoms. The maximum Gasteiger partial charge on any atom is 0.308 e. The minimum absolute atomic E-state index is 0.0460. The molecule has 2 aliphatic rings. The summed E-state index contributed by atoms with van der Waals surface area (Å²) in [6, 6.07) is 0.0714. The van der Waals surface area contributed by atoms with Gasteiger partial charge in [-0.1, -0.05) is 13.8 Å². The van der Waals surface area contributed by atoms with Crippen LogP contribution in [0.25, 0.3) is 0 Å². The van der Waals surface area contributed by atoms with E-state index in [1.807, 2.05) is 12.4 Å². The minimum atomic E-state index is -0.445. The SMILES string of the molecule is Cc1nc(N2CC(C)(C)C2c2nccn2CC2CC2)ncc1[N+](=O)[O-]. The van der Waals surface area contributed by atoms with E-state index in [1.165, 1.54) is 19.0 Å². The number of hydrogen-bond donors (Lipinski definition) is 0. The second-order valence-electron chi connectivity index (χ2n) is 7.80. The lowest BCUT2D eigenvalue weighted by molar-refractivity contribution is -0.386. The van der Waals surface area contributed by atoms with E-state index in [2.05, 4.69) is 38.3 Å². The van der Waals surface area contributed by atoms with Crippen molar-refractivity contribution >= 4 is 11.6 Å². The number of aromatic nitrogens is 4. The van der Waals surface area contributed by atoms with Crippen LogP contribution in [-0.2, 0) is 6.54 Å². The summed E-state index contributed by atoms with van der Waals surface area (Å²) in [6.45, 7) is 7.88. The lowest BCUT2D eigenvalue weighted by atomic mass is 9.74. The van der Waals surface area contributed by atoms with E-state index in [1.54, 1.807) is 6.92 Å². The number of aryl methyl sites for hydroxylation is 1. The van der Waals surface area contributed by atoms with Crippen molar-refractivity contribution in [3.05, 3.63) is 40.2 Å². The van der Waals surface area contributed by atoms with Gasteiger partial charge in [-0.3, -0.25) is 10.1 Å². The zero-order chi connectivity index (χ0) is 17.8. The number of nitrogens with zero attached hydrogens (tertiary/aromatic N) is 6. The molecular weight excluding hydrogens is 320 g/mol. The van der Waals surface area contributed by atoms with Crippen molar-refractivity contribution in [3.63, 3.8) is 0 Å². The molecule has 0 radical (unpaired) electrons. The molecule has 1 aliphatic heterocycles. The van der Waals surface area contributed by atoms with Gasteiger partial charge in [-0.15, -0.1) is 0 Å². The summed E-state index contributed by atoms with van der Waals surface area (Å²) in [6.07, 6.45) is 7.78. The number of anilines is 1. The summed E-state index contributed by atoms with van der Waals surface area (Å²) in [5, 5.41) is 11.0. The molecule has 4 rings (SSSR count). The van der Waals surface area contributed by atoms with Crippen LogP contribution in [0.1, 0.15) is 44.2 Å². The predicted octanol–water partition coefficient (Wildman–Crippen LogP) is 2.89.